The second kappa shape index (κ2) is 1.83. The van der Waals surface area contributed by atoms with Crippen LogP contribution < -0.4 is 0 Å². The first kappa shape index (κ1) is 5.10. The fraction of sp³-hybridized carbons (Fsp3) is 0.833. The van der Waals surface area contributed by atoms with Crippen LogP contribution in [0, 0.1) is 12.8 Å². The number of hydrogen-bond donors (Lipinski definition) is 1. The summed E-state index contributed by atoms with van der Waals surface area (Å²) in [5, 5.41) is 8.94. The molecule has 7 heavy (non-hydrogen) atoms. The molecule has 1 aliphatic rings. The monoisotopic (exact) mass is 99.1 g/mol. The van der Waals surface area contributed by atoms with Gasteiger partial charge in [-0.2, -0.15) is 0 Å². The van der Waals surface area contributed by atoms with Crippen LogP contribution in [0.5, 0.6) is 0 Å². The van der Waals surface area contributed by atoms with Crippen LogP contribution in [0.4, 0.5) is 0 Å². The Balaban J connectivity index is 2.33. The van der Waals surface area contributed by atoms with Crippen molar-refractivity contribution in [2.45, 2.75) is 25.4 Å². The van der Waals surface area contributed by atoms with Crippen LogP contribution in [-0.4, -0.2) is 11.2 Å². The van der Waals surface area contributed by atoms with E-state index in [1.54, 1.807) is 0 Å². The van der Waals surface area contributed by atoms with Gasteiger partial charge in [0.25, 0.3) is 0 Å². The van der Waals surface area contributed by atoms with Gasteiger partial charge in [0.1, 0.15) is 0 Å². The summed E-state index contributed by atoms with van der Waals surface area (Å²) in [6.45, 7) is 3.77. The van der Waals surface area contributed by atoms with Gasteiger partial charge in [-0.25, -0.2) is 0 Å². The summed E-state index contributed by atoms with van der Waals surface area (Å²) in [4.78, 5) is 0. The molecular weight excluding hydrogens is 88.1 g/mol. The highest BCUT2D eigenvalue weighted by Crippen LogP contribution is 2.23. The Morgan fingerprint density at radius 1 is 1.43 bits per heavy atom. The lowest BCUT2D eigenvalue weighted by atomic mass is 10.1. The zero-order chi connectivity index (χ0) is 5.28. The van der Waals surface area contributed by atoms with Gasteiger partial charge in [0.15, 0.2) is 0 Å². The topological polar surface area (TPSA) is 20.2 Å². The summed E-state index contributed by atoms with van der Waals surface area (Å²) < 4.78 is 0. The molecule has 1 N–H and O–H groups in total. The summed E-state index contributed by atoms with van der Waals surface area (Å²) in [5.41, 5.74) is 0. The highest BCUT2D eigenvalue weighted by molar-refractivity contribution is 4.77. The molecule has 1 aliphatic carbocycles. The van der Waals surface area contributed by atoms with E-state index in [-0.39, 0.29) is 6.10 Å². The molecule has 0 aromatic rings. The molecule has 0 aliphatic heterocycles. The van der Waals surface area contributed by atoms with Crippen molar-refractivity contribution in [1.82, 2.24) is 0 Å². The molecule has 0 bridgehead atoms. The van der Waals surface area contributed by atoms with E-state index in [0.717, 1.165) is 19.3 Å². The number of aliphatic hydroxyl groups excluding tert-OH is 1. The molecule has 41 valence electrons. The van der Waals surface area contributed by atoms with Crippen LogP contribution in [0.3, 0.4) is 0 Å². The average molecular weight is 99.2 g/mol. The molecule has 1 rings (SSSR count). The molecule has 0 heterocycles. The van der Waals surface area contributed by atoms with Crippen molar-refractivity contribution in [2.75, 3.05) is 0 Å². The van der Waals surface area contributed by atoms with E-state index in [1.165, 1.54) is 0 Å². The largest absolute Gasteiger partial charge is 0.393 e. The van der Waals surface area contributed by atoms with Crippen molar-refractivity contribution >= 4 is 0 Å². The van der Waals surface area contributed by atoms with Crippen LogP contribution in [-0.2, 0) is 0 Å². The standard InChI is InChI=1S/C6H11O/c1-5-3-2-4-6(5)7/h5-7H,1-4H2/t5?,6-/m0/s1. The minimum absolute atomic E-state index is 0.0972. The first-order valence-electron chi connectivity index (χ1n) is 2.82. The fourth-order valence-electron chi connectivity index (χ4n) is 1.02. The zero-order valence-corrected chi connectivity index (χ0v) is 4.43. The van der Waals surface area contributed by atoms with Crippen LogP contribution in [0.25, 0.3) is 0 Å². The molecule has 1 nitrogen and oxygen atoms in total. The molecule has 1 saturated carbocycles. The third-order valence-electron chi connectivity index (χ3n) is 1.62. The smallest absolute Gasteiger partial charge is 0.0568 e. The molecule has 0 amide bonds. The Hall–Kier alpha value is -0.0400. The second-order valence-corrected chi connectivity index (χ2v) is 2.26. The van der Waals surface area contributed by atoms with Gasteiger partial charge in [-0.15, -0.1) is 0 Å². The van der Waals surface area contributed by atoms with Gasteiger partial charge in [-0.05, 0) is 25.7 Å². The summed E-state index contributed by atoms with van der Waals surface area (Å²) in [6.07, 6.45) is 3.14. The predicted molar refractivity (Wildman–Crippen MR) is 28.7 cm³/mol. The Bertz CT molecular complexity index is 53.2. The SMILES string of the molecule is [CH2]C1CCC[C@@H]1O. The molecule has 0 spiro atoms. The molecule has 0 saturated heterocycles. The van der Waals surface area contributed by atoms with Gasteiger partial charge in [0, 0.05) is 0 Å². The summed E-state index contributed by atoms with van der Waals surface area (Å²) >= 11 is 0. The van der Waals surface area contributed by atoms with Gasteiger partial charge in [0.05, 0.1) is 6.10 Å². The molecule has 2 atom stereocenters. The minimum Gasteiger partial charge on any atom is -0.393 e. The van der Waals surface area contributed by atoms with E-state index in [0.29, 0.717) is 5.92 Å². The van der Waals surface area contributed by atoms with Crippen molar-refractivity contribution in [3.8, 4) is 0 Å². The summed E-state index contributed by atoms with van der Waals surface area (Å²) in [7, 11) is 0. The third kappa shape index (κ3) is 0.942. The average Bonchev–Trinajstić information content (AvgIpc) is 1.91. The molecular formula is C6H11O. The Morgan fingerprint density at radius 2 is 2.14 bits per heavy atom. The number of rotatable bonds is 0. The fourth-order valence-corrected chi connectivity index (χ4v) is 1.02. The van der Waals surface area contributed by atoms with Gasteiger partial charge < -0.3 is 5.11 Å². The summed E-state index contributed by atoms with van der Waals surface area (Å²) in [5.74, 6) is 0.319. The number of hydrogen-bond acceptors (Lipinski definition) is 1. The van der Waals surface area contributed by atoms with E-state index in [9.17, 15) is 0 Å². The molecule has 0 aromatic carbocycles. The highest BCUT2D eigenvalue weighted by atomic mass is 16.3. The normalized spacial score (nSPS) is 42.0. The Kier molecular flexibility index (Phi) is 1.33. The van der Waals surface area contributed by atoms with Crippen molar-refractivity contribution in [2.24, 2.45) is 5.92 Å². The molecule has 0 aromatic heterocycles. The van der Waals surface area contributed by atoms with Crippen molar-refractivity contribution in [3.05, 3.63) is 6.92 Å². The maximum absolute atomic E-state index is 8.94. The Labute approximate surface area is 44.4 Å². The molecule has 1 radical (unpaired) electrons. The lowest BCUT2D eigenvalue weighted by molar-refractivity contribution is 0.152. The second-order valence-electron chi connectivity index (χ2n) is 2.26. The van der Waals surface area contributed by atoms with Crippen LogP contribution in [0.2, 0.25) is 0 Å². The molecule has 1 fully saturated rings. The summed E-state index contributed by atoms with van der Waals surface area (Å²) in [6, 6.07) is 0. The zero-order valence-electron chi connectivity index (χ0n) is 4.43. The van der Waals surface area contributed by atoms with Gasteiger partial charge in [-0.3, -0.25) is 0 Å². The predicted octanol–water partition coefficient (Wildman–Crippen LogP) is 0.981. The van der Waals surface area contributed by atoms with Gasteiger partial charge in [0.2, 0.25) is 0 Å². The van der Waals surface area contributed by atoms with E-state index in [1.807, 2.05) is 0 Å². The first-order chi connectivity index (χ1) is 3.30. The van der Waals surface area contributed by atoms with Crippen molar-refractivity contribution < 1.29 is 5.11 Å². The quantitative estimate of drug-likeness (QED) is 0.480. The highest BCUT2D eigenvalue weighted by Gasteiger charge is 2.19. The van der Waals surface area contributed by atoms with Crippen LogP contribution in [0.15, 0.2) is 0 Å². The van der Waals surface area contributed by atoms with E-state index in [2.05, 4.69) is 6.92 Å². The van der Waals surface area contributed by atoms with E-state index < -0.39 is 0 Å². The molecule has 1 heteroatoms. The third-order valence-corrected chi connectivity index (χ3v) is 1.62. The van der Waals surface area contributed by atoms with Crippen molar-refractivity contribution in [3.63, 3.8) is 0 Å². The first-order valence-corrected chi connectivity index (χ1v) is 2.82. The maximum Gasteiger partial charge on any atom is 0.0568 e. The van der Waals surface area contributed by atoms with Gasteiger partial charge in [-0.1, -0.05) is 6.42 Å². The molecule has 1 unspecified atom stereocenters. The van der Waals surface area contributed by atoms with E-state index >= 15 is 0 Å². The van der Waals surface area contributed by atoms with Gasteiger partial charge >= 0.3 is 0 Å². The lowest BCUT2D eigenvalue weighted by Gasteiger charge is -2.03. The maximum atomic E-state index is 8.94. The Morgan fingerprint density at radius 3 is 2.29 bits per heavy atom. The lowest BCUT2D eigenvalue weighted by Crippen LogP contribution is -2.08. The minimum atomic E-state index is -0.0972. The van der Waals surface area contributed by atoms with Crippen molar-refractivity contribution in [1.29, 1.82) is 0 Å². The van der Waals surface area contributed by atoms with E-state index in [4.69, 9.17) is 5.11 Å². The van der Waals surface area contributed by atoms with Crippen LogP contribution >= 0.6 is 0 Å². The number of aliphatic hydroxyl groups is 1. The van der Waals surface area contributed by atoms with Crippen LogP contribution in [0.1, 0.15) is 19.3 Å².